The Kier molecular flexibility index (Phi) is 5.31. The predicted octanol–water partition coefficient (Wildman–Crippen LogP) is 2.22. The van der Waals surface area contributed by atoms with E-state index < -0.39 is 23.2 Å². The van der Waals surface area contributed by atoms with E-state index in [9.17, 15) is 18.0 Å². The summed E-state index contributed by atoms with van der Waals surface area (Å²) in [4.78, 5) is 11.7. The van der Waals surface area contributed by atoms with Crippen LogP contribution in [0.2, 0.25) is 0 Å². The Labute approximate surface area is 133 Å². The number of nitrogens with one attached hydrogen (secondary N) is 1. The van der Waals surface area contributed by atoms with Crippen LogP contribution in [0.3, 0.4) is 0 Å². The minimum Gasteiger partial charge on any atom is -0.381 e. The molecule has 1 amide bonds. The first-order valence-electron chi connectivity index (χ1n) is 7.53. The fourth-order valence-corrected chi connectivity index (χ4v) is 2.77. The van der Waals surface area contributed by atoms with Crippen molar-refractivity contribution >= 4 is 5.91 Å². The van der Waals surface area contributed by atoms with Gasteiger partial charge in [-0.05, 0) is 31.4 Å². The van der Waals surface area contributed by atoms with E-state index in [4.69, 9.17) is 10.5 Å². The second kappa shape index (κ2) is 6.88. The van der Waals surface area contributed by atoms with Gasteiger partial charge in [-0.1, -0.05) is 18.2 Å². The van der Waals surface area contributed by atoms with Gasteiger partial charge in [-0.3, -0.25) is 4.79 Å². The van der Waals surface area contributed by atoms with Gasteiger partial charge in [-0.25, -0.2) is 0 Å². The zero-order valence-corrected chi connectivity index (χ0v) is 13.0. The molecule has 1 heterocycles. The van der Waals surface area contributed by atoms with E-state index in [0.717, 1.165) is 6.07 Å². The maximum atomic E-state index is 13.0. The molecule has 1 atom stereocenters. The molecule has 3 N–H and O–H groups in total. The van der Waals surface area contributed by atoms with Gasteiger partial charge in [0.15, 0.2) is 0 Å². The minimum absolute atomic E-state index is 0.248. The third-order valence-electron chi connectivity index (χ3n) is 4.27. The van der Waals surface area contributed by atoms with Crippen LogP contribution in [0, 0.1) is 0 Å². The molecule has 0 radical (unpaired) electrons. The van der Waals surface area contributed by atoms with Crippen LogP contribution in [-0.2, 0) is 21.1 Å². The van der Waals surface area contributed by atoms with Crippen LogP contribution >= 0.6 is 0 Å². The Morgan fingerprint density at radius 2 is 2.04 bits per heavy atom. The summed E-state index contributed by atoms with van der Waals surface area (Å²) in [5.41, 5.74) is 4.85. The van der Waals surface area contributed by atoms with Crippen molar-refractivity contribution in [3.8, 4) is 0 Å². The van der Waals surface area contributed by atoms with Crippen LogP contribution in [0.15, 0.2) is 24.3 Å². The monoisotopic (exact) mass is 330 g/mol. The molecule has 128 valence electrons. The number of amides is 1. The van der Waals surface area contributed by atoms with E-state index >= 15 is 0 Å². The van der Waals surface area contributed by atoms with Crippen molar-refractivity contribution in [2.24, 2.45) is 5.73 Å². The lowest BCUT2D eigenvalue weighted by molar-refractivity contribution is -0.137. The summed E-state index contributed by atoms with van der Waals surface area (Å²) in [6, 6.07) is 4.65. The van der Waals surface area contributed by atoms with Gasteiger partial charge in [0, 0.05) is 25.2 Å². The molecule has 23 heavy (non-hydrogen) atoms. The van der Waals surface area contributed by atoms with Crippen LogP contribution in [-0.4, -0.2) is 31.7 Å². The Hall–Kier alpha value is -1.60. The van der Waals surface area contributed by atoms with Gasteiger partial charge in [0.05, 0.1) is 11.6 Å². The molecule has 1 aliphatic heterocycles. The Morgan fingerprint density at radius 3 is 2.61 bits per heavy atom. The Morgan fingerprint density at radius 1 is 1.39 bits per heavy atom. The highest BCUT2D eigenvalue weighted by Crippen LogP contribution is 2.37. The number of hydrogen-bond acceptors (Lipinski definition) is 3. The van der Waals surface area contributed by atoms with Crippen molar-refractivity contribution in [1.82, 2.24) is 5.32 Å². The number of benzene rings is 1. The largest absolute Gasteiger partial charge is 0.416 e. The molecule has 4 nitrogen and oxygen atoms in total. The van der Waals surface area contributed by atoms with Crippen LogP contribution in [0.25, 0.3) is 0 Å². The summed E-state index contributed by atoms with van der Waals surface area (Å²) in [5, 5.41) is 2.75. The zero-order valence-electron chi connectivity index (χ0n) is 13.0. The highest BCUT2D eigenvalue weighted by atomic mass is 19.4. The molecule has 0 bridgehead atoms. The Balaban J connectivity index is 2.29. The SMILES string of the molecule is C[C@H](N)C(=O)NCC1(c2cccc(C(F)(F)F)c2)CCOCC1. The van der Waals surface area contributed by atoms with Crippen molar-refractivity contribution in [1.29, 1.82) is 0 Å². The van der Waals surface area contributed by atoms with Gasteiger partial charge >= 0.3 is 6.18 Å². The zero-order chi connectivity index (χ0) is 17.1. The quantitative estimate of drug-likeness (QED) is 0.890. The third kappa shape index (κ3) is 4.23. The van der Waals surface area contributed by atoms with Gasteiger partial charge in [0.1, 0.15) is 0 Å². The lowest BCUT2D eigenvalue weighted by Gasteiger charge is -2.38. The number of carbonyl (C=O) groups is 1. The van der Waals surface area contributed by atoms with E-state index in [1.807, 2.05) is 0 Å². The molecule has 1 saturated heterocycles. The molecule has 7 heteroatoms. The second-order valence-electron chi connectivity index (χ2n) is 5.98. The summed E-state index contributed by atoms with van der Waals surface area (Å²) in [7, 11) is 0. The summed E-state index contributed by atoms with van der Waals surface area (Å²) >= 11 is 0. The van der Waals surface area contributed by atoms with E-state index in [2.05, 4.69) is 5.32 Å². The topological polar surface area (TPSA) is 64.4 Å². The number of ether oxygens (including phenoxy) is 1. The van der Waals surface area contributed by atoms with E-state index in [0.29, 0.717) is 31.6 Å². The van der Waals surface area contributed by atoms with Gasteiger partial charge in [-0.2, -0.15) is 13.2 Å². The summed E-state index contributed by atoms with van der Waals surface area (Å²) < 4.78 is 44.2. The Bertz CT molecular complexity index is 553. The van der Waals surface area contributed by atoms with Crippen molar-refractivity contribution in [2.75, 3.05) is 19.8 Å². The molecule has 0 spiro atoms. The normalized spacial score (nSPS) is 19.2. The van der Waals surface area contributed by atoms with Crippen LogP contribution in [0.5, 0.6) is 0 Å². The minimum atomic E-state index is -4.39. The predicted molar refractivity (Wildman–Crippen MR) is 79.8 cm³/mol. The molecule has 1 aromatic rings. The molecule has 1 aliphatic rings. The molecule has 0 unspecified atom stereocenters. The van der Waals surface area contributed by atoms with Crippen LogP contribution < -0.4 is 11.1 Å². The molecule has 0 aromatic heterocycles. The number of nitrogens with two attached hydrogens (primary N) is 1. The fourth-order valence-electron chi connectivity index (χ4n) is 2.77. The van der Waals surface area contributed by atoms with Crippen molar-refractivity contribution in [3.63, 3.8) is 0 Å². The van der Waals surface area contributed by atoms with Crippen molar-refractivity contribution < 1.29 is 22.7 Å². The summed E-state index contributed by atoms with van der Waals surface area (Å²) in [6.07, 6.45) is -3.29. The highest BCUT2D eigenvalue weighted by molar-refractivity contribution is 5.81. The standard InChI is InChI=1S/C16H21F3N2O2/c1-11(20)14(22)21-10-15(5-7-23-8-6-15)12-3-2-4-13(9-12)16(17,18)19/h2-4,9,11H,5-8,10,20H2,1H3,(H,21,22)/t11-/m0/s1. The second-order valence-corrected chi connectivity index (χ2v) is 5.98. The van der Waals surface area contributed by atoms with Crippen molar-refractivity contribution in [2.45, 2.75) is 37.4 Å². The lowest BCUT2D eigenvalue weighted by atomic mass is 9.73. The third-order valence-corrected chi connectivity index (χ3v) is 4.27. The van der Waals surface area contributed by atoms with E-state index in [-0.39, 0.29) is 12.5 Å². The molecule has 0 aliphatic carbocycles. The molecule has 2 rings (SSSR count). The van der Waals surface area contributed by atoms with Gasteiger partial charge < -0.3 is 15.8 Å². The fraction of sp³-hybridized carbons (Fsp3) is 0.562. The average molecular weight is 330 g/mol. The van der Waals surface area contributed by atoms with Crippen LogP contribution in [0.4, 0.5) is 13.2 Å². The molecule has 1 fully saturated rings. The number of alkyl halides is 3. The van der Waals surface area contributed by atoms with Gasteiger partial charge in [0.25, 0.3) is 0 Å². The first-order chi connectivity index (χ1) is 10.7. The van der Waals surface area contributed by atoms with E-state index in [1.54, 1.807) is 13.0 Å². The highest BCUT2D eigenvalue weighted by Gasteiger charge is 2.37. The lowest BCUT2D eigenvalue weighted by Crippen LogP contribution is -2.48. The number of hydrogen-bond donors (Lipinski definition) is 2. The molecular formula is C16H21F3N2O2. The number of carbonyl (C=O) groups excluding carboxylic acids is 1. The molecule has 1 aromatic carbocycles. The molecule has 0 saturated carbocycles. The van der Waals surface area contributed by atoms with E-state index in [1.165, 1.54) is 12.1 Å². The maximum Gasteiger partial charge on any atom is 0.416 e. The van der Waals surface area contributed by atoms with Crippen LogP contribution in [0.1, 0.15) is 30.9 Å². The molecular weight excluding hydrogens is 309 g/mol. The maximum absolute atomic E-state index is 13.0. The van der Waals surface area contributed by atoms with Gasteiger partial charge in [-0.15, -0.1) is 0 Å². The summed E-state index contributed by atoms with van der Waals surface area (Å²) in [6.45, 7) is 2.71. The number of rotatable bonds is 4. The average Bonchev–Trinajstić information content (AvgIpc) is 2.52. The smallest absolute Gasteiger partial charge is 0.381 e. The summed E-state index contributed by atoms with van der Waals surface area (Å²) in [5.74, 6) is -0.317. The van der Waals surface area contributed by atoms with Gasteiger partial charge in [0.2, 0.25) is 5.91 Å². The first-order valence-corrected chi connectivity index (χ1v) is 7.53. The first kappa shape index (κ1) is 17.7. The van der Waals surface area contributed by atoms with Crippen molar-refractivity contribution in [3.05, 3.63) is 35.4 Å². The number of halogens is 3.